The minimum atomic E-state index is -0.307. The van der Waals surface area contributed by atoms with E-state index >= 15 is 0 Å². The molecule has 1 aromatic carbocycles. The number of carbonyl (C=O) groups is 1. The zero-order valence-corrected chi connectivity index (χ0v) is 10.5. The summed E-state index contributed by atoms with van der Waals surface area (Å²) >= 11 is 0. The molecule has 2 heterocycles. The van der Waals surface area contributed by atoms with Crippen molar-refractivity contribution in [2.45, 2.75) is 12.5 Å². The molecule has 1 unspecified atom stereocenters. The Morgan fingerprint density at radius 3 is 2.94 bits per heavy atom. The molecule has 1 atom stereocenters. The second kappa shape index (κ2) is 4.17. The van der Waals surface area contributed by atoms with E-state index < -0.39 is 0 Å². The largest absolute Gasteiger partial charge is 0.493 e. The van der Waals surface area contributed by atoms with Crippen molar-refractivity contribution in [1.82, 2.24) is 5.32 Å². The predicted molar refractivity (Wildman–Crippen MR) is 67.4 cm³/mol. The third kappa shape index (κ3) is 1.62. The SMILES string of the molecule is CNC1COc2cc3c(cc2N(C)C1=O)CCO3. The monoisotopic (exact) mass is 248 g/mol. The van der Waals surface area contributed by atoms with Crippen molar-refractivity contribution in [3.8, 4) is 11.5 Å². The number of amides is 1. The number of carbonyl (C=O) groups excluding carboxylic acids is 1. The van der Waals surface area contributed by atoms with Crippen LogP contribution in [-0.4, -0.2) is 39.3 Å². The lowest BCUT2D eigenvalue weighted by atomic mass is 10.1. The van der Waals surface area contributed by atoms with Gasteiger partial charge in [0.1, 0.15) is 24.1 Å². The van der Waals surface area contributed by atoms with E-state index in [9.17, 15) is 4.79 Å². The van der Waals surface area contributed by atoms with Crippen LogP contribution in [-0.2, 0) is 11.2 Å². The van der Waals surface area contributed by atoms with Gasteiger partial charge in [0, 0.05) is 19.5 Å². The molecular weight excluding hydrogens is 232 g/mol. The zero-order valence-electron chi connectivity index (χ0n) is 10.5. The van der Waals surface area contributed by atoms with Crippen LogP contribution in [0.2, 0.25) is 0 Å². The quantitative estimate of drug-likeness (QED) is 0.789. The van der Waals surface area contributed by atoms with Gasteiger partial charge in [0.2, 0.25) is 5.91 Å². The number of nitrogens with zero attached hydrogens (tertiary/aromatic N) is 1. The molecule has 0 bridgehead atoms. The number of hydrogen-bond donors (Lipinski definition) is 1. The van der Waals surface area contributed by atoms with E-state index in [2.05, 4.69) is 5.32 Å². The third-order valence-electron chi connectivity index (χ3n) is 3.52. The van der Waals surface area contributed by atoms with Crippen molar-refractivity contribution in [3.63, 3.8) is 0 Å². The van der Waals surface area contributed by atoms with Crippen LogP contribution in [0.4, 0.5) is 5.69 Å². The van der Waals surface area contributed by atoms with Gasteiger partial charge in [-0.3, -0.25) is 4.79 Å². The lowest BCUT2D eigenvalue weighted by molar-refractivity contribution is -0.120. The van der Waals surface area contributed by atoms with Crippen molar-refractivity contribution >= 4 is 11.6 Å². The summed E-state index contributed by atoms with van der Waals surface area (Å²) in [6.07, 6.45) is 0.889. The normalized spacial score (nSPS) is 21.8. The Kier molecular flexibility index (Phi) is 2.63. The van der Waals surface area contributed by atoms with E-state index in [4.69, 9.17) is 9.47 Å². The lowest BCUT2D eigenvalue weighted by Crippen LogP contribution is -2.45. The van der Waals surface area contributed by atoms with Gasteiger partial charge in [-0.2, -0.15) is 0 Å². The van der Waals surface area contributed by atoms with E-state index in [0.717, 1.165) is 23.4 Å². The molecule has 3 rings (SSSR count). The van der Waals surface area contributed by atoms with Gasteiger partial charge < -0.3 is 19.7 Å². The fourth-order valence-electron chi connectivity index (χ4n) is 2.38. The van der Waals surface area contributed by atoms with Crippen LogP contribution >= 0.6 is 0 Å². The fourth-order valence-corrected chi connectivity index (χ4v) is 2.38. The molecule has 2 aliphatic rings. The fraction of sp³-hybridized carbons (Fsp3) is 0.462. The molecule has 5 heteroatoms. The molecule has 18 heavy (non-hydrogen) atoms. The van der Waals surface area contributed by atoms with Gasteiger partial charge in [-0.15, -0.1) is 0 Å². The average Bonchev–Trinajstić information content (AvgIpc) is 2.80. The van der Waals surface area contributed by atoms with E-state index in [1.807, 2.05) is 12.1 Å². The Bertz CT molecular complexity index is 501. The summed E-state index contributed by atoms with van der Waals surface area (Å²) in [6, 6.07) is 3.57. The van der Waals surface area contributed by atoms with Crippen molar-refractivity contribution in [3.05, 3.63) is 17.7 Å². The van der Waals surface area contributed by atoms with Crippen molar-refractivity contribution in [2.75, 3.05) is 32.2 Å². The van der Waals surface area contributed by atoms with Crippen LogP contribution in [0.1, 0.15) is 5.56 Å². The van der Waals surface area contributed by atoms with E-state index in [-0.39, 0.29) is 11.9 Å². The number of benzene rings is 1. The topological polar surface area (TPSA) is 50.8 Å². The van der Waals surface area contributed by atoms with Crippen molar-refractivity contribution in [1.29, 1.82) is 0 Å². The second-order valence-electron chi connectivity index (χ2n) is 4.58. The van der Waals surface area contributed by atoms with Crippen LogP contribution in [0.3, 0.4) is 0 Å². The standard InChI is InChI=1S/C13H16N2O3/c1-14-9-7-18-12-6-11-8(3-4-17-11)5-10(12)15(2)13(9)16/h5-6,9,14H,3-4,7H2,1-2H3. The minimum Gasteiger partial charge on any atom is -0.493 e. The first-order chi connectivity index (χ1) is 8.70. The van der Waals surface area contributed by atoms with Crippen LogP contribution in [0.5, 0.6) is 11.5 Å². The predicted octanol–water partition coefficient (Wildman–Crippen LogP) is 0.565. The Hall–Kier alpha value is -1.75. The Morgan fingerprint density at radius 1 is 1.33 bits per heavy atom. The molecule has 96 valence electrons. The van der Waals surface area contributed by atoms with Gasteiger partial charge in [-0.05, 0) is 18.7 Å². The van der Waals surface area contributed by atoms with Gasteiger partial charge in [0.15, 0.2) is 0 Å². The molecule has 0 aliphatic carbocycles. The number of hydrogen-bond acceptors (Lipinski definition) is 4. The Balaban J connectivity index is 2.04. The lowest BCUT2D eigenvalue weighted by Gasteiger charge is -2.19. The Labute approximate surface area is 106 Å². The summed E-state index contributed by atoms with van der Waals surface area (Å²) in [5.74, 6) is 1.61. The van der Waals surface area contributed by atoms with Gasteiger partial charge in [0.05, 0.1) is 12.3 Å². The highest BCUT2D eigenvalue weighted by molar-refractivity contribution is 5.99. The molecular formula is C13H16N2O3. The zero-order chi connectivity index (χ0) is 12.7. The molecule has 5 nitrogen and oxygen atoms in total. The molecule has 0 saturated carbocycles. The van der Waals surface area contributed by atoms with E-state index in [0.29, 0.717) is 19.0 Å². The molecule has 1 amide bonds. The molecule has 0 spiro atoms. The number of anilines is 1. The molecule has 0 radical (unpaired) electrons. The van der Waals surface area contributed by atoms with E-state index in [1.54, 1.807) is 19.0 Å². The van der Waals surface area contributed by atoms with Crippen LogP contribution < -0.4 is 19.7 Å². The maximum absolute atomic E-state index is 12.2. The minimum absolute atomic E-state index is 0.0233. The third-order valence-corrected chi connectivity index (χ3v) is 3.52. The van der Waals surface area contributed by atoms with Crippen molar-refractivity contribution in [2.24, 2.45) is 0 Å². The maximum Gasteiger partial charge on any atom is 0.247 e. The molecule has 0 aromatic heterocycles. The van der Waals surface area contributed by atoms with E-state index in [1.165, 1.54) is 0 Å². The van der Waals surface area contributed by atoms with Crippen molar-refractivity contribution < 1.29 is 14.3 Å². The summed E-state index contributed by atoms with van der Waals surface area (Å²) in [7, 11) is 3.54. The molecule has 1 N–H and O–H groups in total. The summed E-state index contributed by atoms with van der Waals surface area (Å²) in [5, 5.41) is 2.97. The number of likely N-dealkylation sites (N-methyl/N-ethyl adjacent to an activating group) is 2. The summed E-state index contributed by atoms with van der Waals surface area (Å²) in [5.41, 5.74) is 1.96. The first kappa shape index (κ1) is 11.3. The smallest absolute Gasteiger partial charge is 0.247 e. The van der Waals surface area contributed by atoms with Crippen LogP contribution in [0, 0.1) is 0 Å². The Morgan fingerprint density at radius 2 is 2.17 bits per heavy atom. The second-order valence-corrected chi connectivity index (χ2v) is 4.58. The van der Waals surface area contributed by atoms with Gasteiger partial charge >= 0.3 is 0 Å². The summed E-state index contributed by atoms with van der Waals surface area (Å²) < 4.78 is 11.2. The van der Waals surface area contributed by atoms with Crippen LogP contribution in [0.25, 0.3) is 0 Å². The number of rotatable bonds is 1. The number of ether oxygens (including phenoxy) is 2. The highest BCUT2D eigenvalue weighted by atomic mass is 16.5. The maximum atomic E-state index is 12.2. The highest BCUT2D eigenvalue weighted by Crippen LogP contribution is 2.39. The number of nitrogens with one attached hydrogen (secondary N) is 1. The molecule has 1 aromatic rings. The highest BCUT2D eigenvalue weighted by Gasteiger charge is 2.29. The molecule has 0 fully saturated rings. The van der Waals surface area contributed by atoms with Crippen LogP contribution in [0.15, 0.2) is 12.1 Å². The molecule has 0 saturated heterocycles. The average molecular weight is 248 g/mol. The van der Waals surface area contributed by atoms with Gasteiger partial charge in [-0.25, -0.2) is 0 Å². The summed E-state index contributed by atoms with van der Waals surface area (Å²) in [4.78, 5) is 13.8. The molecule has 2 aliphatic heterocycles. The van der Waals surface area contributed by atoms with Gasteiger partial charge in [0.25, 0.3) is 0 Å². The van der Waals surface area contributed by atoms with Gasteiger partial charge in [-0.1, -0.05) is 0 Å². The summed E-state index contributed by atoms with van der Waals surface area (Å²) in [6.45, 7) is 1.04. The first-order valence-corrected chi connectivity index (χ1v) is 6.08. The number of fused-ring (bicyclic) bond motifs is 2. The first-order valence-electron chi connectivity index (χ1n) is 6.08.